The summed E-state index contributed by atoms with van der Waals surface area (Å²) < 4.78 is 21.9. The van der Waals surface area contributed by atoms with Crippen molar-refractivity contribution in [2.45, 2.75) is 25.8 Å². The maximum absolute atomic E-state index is 12.6. The van der Waals surface area contributed by atoms with E-state index < -0.39 is 0 Å². The summed E-state index contributed by atoms with van der Waals surface area (Å²) in [5, 5.41) is 4.11. The Morgan fingerprint density at radius 3 is 2.68 bits per heavy atom. The molecule has 4 rings (SSSR count). The van der Waals surface area contributed by atoms with E-state index in [0.717, 1.165) is 16.9 Å². The Kier molecular flexibility index (Phi) is 6.06. The van der Waals surface area contributed by atoms with Gasteiger partial charge >= 0.3 is 0 Å². The Labute approximate surface area is 180 Å². The number of amides is 1. The molecular weight excluding hydrogens is 398 g/mol. The zero-order chi connectivity index (χ0) is 21.8. The van der Waals surface area contributed by atoms with Gasteiger partial charge in [-0.05, 0) is 31.2 Å². The average Bonchev–Trinajstić information content (AvgIpc) is 3.42. The quantitative estimate of drug-likeness (QED) is 0.546. The largest absolute Gasteiger partial charge is 0.496 e. The predicted octanol–water partition coefficient (Wildman–Crippen LogP) is 3.67. The first-order valence-corrected chi connectivity index (χ1v) is 10.2. The molecule has 0 saturated carbocycles. The second kappa shape index (κ2) is 9.07. The lowest BCUT2D eigenvalue weighted by Crippen LogP contribution is -2.24. The van der Waals surface area contributed by atoms with Gasteiger partial charge in [0.15, 0.2) is 11.5 Å². The fourth-order valence-corrected chi connectivity index (χ4v) is 3.73. The number of benzene rings is 2. The maximum atomic E-state index is 12.6. The summed E-state index contributed by atoms with van der Waals surface area (Å²) in [4.78, 5) is 18.9. The molecule has 31 heavy (non-hydrogen) atoms. The average molecular weight is 423 g/mol. The van der Waals surface area contributed by atoms with Crippen LogP contribution in [0.4, 0.5) is 0 Å². The van der Waals surface area contributed by atoms with Gasteiger partial charge < -0.3 is 23.6 Å². The molecule has 1 aromatic heterocycles. The van der Waals surface area contributed by atoms with Gasteiger partial charge in [-0.15, -0.1) is 0 Å². The van der Waals surface area contributed by atoms with Crippen LogP contribution in [0.1, 0.15) is 30.7 Å². The molecule has 2 heterocycles. The zero-order valence-electron chi connectivity index (χ0n) is 17.8. The normalized spacial score (nSPS) is 15.9. The van der Waals surface area contributed by atoms with Crippen molar-refractivity contribution < 1.29 is 23.5 Å². The molecule has 0 N–H and O–H groups in total. The van der Waals surface area contributed by atoms with Crippen molar-refractivity contribution in [1.82, 2.24) is 15.0 Å². The van der Waals surface area contributed by atoms with Crippen LogP contribution in [0.25, 0.3) is 11.4 Å². The van der Waals surface area contributed by atoms with Crippen LogP contribution in [0.5, 0.6) is 17.2 Å². The standard InChI is InChI=1S/C23H25N3O5/c1-4-30-19-10-9-15(11-20(19)29-3)22-24-23(31-25-22)17-12-21(27)26(14-17)13-16-7-5-6-8-18(16)28-2/h5-11,17H,4,12-14H2,1-3H3. The number of nitrogens with zero attached hydrogens (tertiary/aromatic N) is 3. The highest BCUT2D eigenvalue weighted by atomic mass is 16.5. The van der Waals surface area contributed by atoms with E-state index in [1.54, 1.807) is 19.1 Å². The summed E-state index contributed by atoms with van der Waals surface area (Å²) in [5.74, 6) is 2.84. The third-order valence-corrected chi connectivity index (χ3v) is 5.28. The van der Waals surface area contributed by atoms with E-state index >= 15 is 0 Å². The molecule has 1 fully saturated rings. The smallest absolute Gasteiger partial charge is 0.232 e. The lowest BCUT2D eigenvalue weighted by atomic mass is 10.1. The highest BCUT2D eigenvalue weighted by Crippen LogP contribution is 2.34. The van der Waals surface area contributed by atoms with Crippen molar-refractivity contribution in [3.8, 4) is 28.6 Å². The van der Waals surface area contributed by atoms with Crippen LogP contribution in [0.2, 0.25) is 0 Å². The highest BCUT2D eigenvalue weighted by Gasteiger charge is 2.34. The van der Waals surface area contributed by atoms with Crippen LogP contribution in [-0.4, -0.2) is 48.3 Å². The van der Waals surface area contributed by atoms with Gasteiger partial charge in [0.1, 0.15) is 5.75 Å². The third-order valence-electron chi connectivity index (χ3n) is 5.28. The molecule has 0 radical (unpaired) electrons. The fraction of sp³-hybridized carbons (Fsp3) is 0.348. The Bertz CT molecular complexity index is 1060. The molecule has 1 unspecified atom stereocenters. The molecular formula is C23H25N3O5. The summed E-state index contributed by atoms with van der Waals surface area (Å²) in [6, 6.07) is 13.2. The topological polar surface area (TPSA) is 86.9 Å². The van der Waals surface area contributed by atoms with Crippen LogP contribution < -0.4 is 14.2 Å². The number of para-hydroxylation sites is 1. The van der Waals surface area contributed by atoms with Gasteiger partial charge in [-0.2, -0.15) is 4.98 Å². The monoisotopic (exact) mass is 423 g/mol. The SMILES string of the molecule is CCOc1ccc(-c2noc(C3CC(=O)N(Cc4ccccc4OC)C3)n2)cc1OC. The van der Waals surface area contributed by atoms with Gasteiger partial charge in [0.2, 0.25) is 17.6 Å². The lowest BCUT2D eigenvalue weighted by Gasteiger charge is -2.17. The molecule has 162 valence electrons. The van der Waals surface area contributed by atoms with E-state index in [4.69, 9.17) is 18.7 Å². The number of aromatic nitrogens is 2. The molecule has 1 saturated heterocycles. The molecule has 8 heteroatoms. The summed E-state index contributed by atoms with van der Waals surface area (Å²) >= 11 is 0. The molecule has 1 aliphatic rings. The van der Waals surface area contributed by atoms with Crippen molar-refractivity contribution in [1.29, 1.82) is 0 Å². The molecule has 8 nitrogen and oxygen atoms in total. The van der Waals surface area contributed by atoms with Crippen molar-refractivity contribution in [3.63, 3.8) is 0 Å². The minimum Gasteiger partial charge on any atom is -0.496 e. The van der Waals surface area contributed by atoms with E-state index in [1.165, 1.54) is 0 Å². The first-order valence-electron chi connectivity index (χ1n) is 10.2. The summed E-state index contributed by atoms with van der Waals surface area (Å²) in [6.45, 7) is 3.46. The summed E-state index contributed by atoms with van der Waals surface area (Å²) in [5.41, 5.74) is 1.72. The molecule has 1 amide bonds. The molecule has 0 bridgehead atoms. The number of rotatable bonds is 8. The second-order valence-corrected chi connectivity index (χ2v) is 7.24. The highest BCUT2D eigenvalue weighted by molar-refractivity contribution is 5.79. The van der Waals surface area contributed by atoms with Crippen molar-refractivity contribution in [3.05, 3.63) is 53.9 Å². The van der Waals surface area contributed by atoms with Crippen LogP contribution in [0.15, 0.2) is 47.0 Å². The number of carbonyl (C=O) groups excluding carboxylic acids is 1. The predicted molar refractivity (Wildman–Crippen MR) is 113 cm³/mol. The van der Waals surface area contributed by atoms with Crippen molar-refractivity contribution >= 4 is 5.91 Å². The molecule has 1 aliphatic heterocycles. The van der Waals surface area contributed by atoms with Crippen LogP contribution in [0, 0.1) is 0 Å². The molecule has 0 aliphatic carbocycles. The fourth-order valence-electron chi connectivity index (χ4n) is 3.73. The molecule has 3 aromatic rings. The van der Waals surface area contributed by atoms with Crippen LogP contribution >= 0.6 is 0 Å². The van der Waals surface area contributed by atoms with Gasteiger partial charge in [0, 0.05) is 30.6 Å². The van der Waals surface area contributed by atoms with E-state index in [0.29, 0.717) is 49.3 Å². The molecule has 2 aromatic carbocycles. The van der Waals surface area contributed by atoms with Crippen LogP contribution in [0.3, 0.4) is 0 Å². The number of methoxy groups -OCH3 is 2. The Hall–Kier alpha value is -3.55. The first kappa shape index (κ1) is 20.7. The van der Waals surface area contributed by atoms with E-state index in [1.807, 2.05) is 49.4 Å². The number of hydrogen-bond donors (Lipinski definition) is 0. The third kappa shape index (κ3) is 4.33. The van der Waals surface area contributed by atoms with Crippen molar-refractivity contribution in [2.75, 3.05) is 27.4 Å². The molecule has 1 atom stereocenters. The van der Waals surface area contributed by atoms with E-state index in [2.05, 4.69) is 10.1 Å². The molecule has 0 spiro atoms. The Balaban J connectivity index is 1.49. The first-order chi connectivity index (χ1) is 15.1. The number of carbonyl (C=O) groups is 1. The number of ether oxygens (including phenoxy) is 3. The minimum atomic E-state index is -0.145. The number of likely N-dealkylation sites (tertiary alicyclic amines) is 1. The van der Waals surface area contributed by atoms with E-state index in [-0.39, 0.29) is 11.8 Å². The number of hydrogen-bond acceptors (Lipinski definition) is 7. The minimum absolute atomic E-state index is 0.0541. The zero-order valence-corrected chi connectivity index (χ0v) is 17.8. The van der Waals surface area contributed by atoms with Crippen molar-refractivity contribution in [2.24, 2.45) is 0 Å². The Morgan fingerprint density at radius 1 is 1.10 bits per heavy atom. The van der Waals surface area contributed by atoms with E-state index in [9.17, 15) is 4.79 Å². The van der Waals surface area contributed by atoms with Gasteiger partial charge in [-0.3, -0.25) is 4.79 Å². The van der Waals surface area contributed by atoms with Gasteiger partial charge in [0.05, 0.1) is 26.7 Å². The summed E-state index contributed by atoms with van der Waals surface area (Å²) in [6.07, 6.45) is 0.337. The maximum Gasteiger partial charge on any atom is 0.232 e. The van der Waals surface area contributed by atoms with Gasteiger partial charge in [0.25, 0.3) is 0 Å². The Morgan fingerprint density at radius 2 is 1.90 bits per heavy atom. The summed E-state index contributed by atoms with van der Waals surface area (Å²) in [7, 11) is 3.22. The van der Waals surface area contributed by atoms with Gasteiger partial charge in [-0.1, -0.05) is 23.4 Å². The second-order valence-electron chi connectivity index (χ2n) is 7.24. The lowest BCUT2D eigenvalue weighted by molar-refractivity contribution is -0.128. The van der Waals surface area contributed by atoms with Gasteiger partial charge in [-0.25, -0.2) is 0 Å². The van der Waals surface area contributed by atoms with Crippen LogP contribution in [-0.2, 0) is 11.3 Å².